The average Bonchev–Trinajstić information content (AvgIpc) is 3.16. The average molecular weight is 331 g/mol. The van der Waals surface area contributed by atoms with Crippen molar-refractivity contribution >= 4 is 17.2 Å². The summed E-state index contributed by atoms with van der Waals surface area (Å²) in [6, 6.07) is 3.99. The summed E-state index contributed by atoms with van der Waals surface area (Å²) in [6.07, 6.45) is 4.00. The first-order valence-electron chi connectivity index (χ1n) is 7.74. The fraction of sp³-hybridized carbons (Fsp3) is 0.412. The van der Waals surface area contributed by atoms with Gasteiger partial charge in [0.2, 0.25) is 5.91 Å². The molecule has 0 saturated carbocycles. The maximum Gasteiger partial charge on any atom is 0.227 e. The molecule has 1 aliphatic heterocycles. The van der Waals surface area contributed by atoms with Crippen LogP contribution < -0.4 is 0 Å². The molecule has 23 heavy (non-hydrogen) atoms. The normalized spacial score (nSPS) is 17.6. The number of carbonyl (C=O) groups excluding carboxylic acids is 1. The van der Waals surface area contributed by atoms with Crippen LogP contribution in [-0.2, 0) is 29.0 Å². The van der Waals surface area contributed by atoms with E-state index in [9.17, 15) is 4.79 Å². The van der Waals surface area contributed by atoms with Crippen LogP contribution in [0.5, 0.6) is 0 Å². The molecule has 2 aromatic heterocycles. The Morgan fingerprint density at radius 1 is 1.48 bits per heavy atom. The van der Waals surface area contributed by atoms with Gasteiger partial charge in [-0.25, -0.2) is 0 Å². The van der Waals surface area contributed by atoms with Crippen LogP contribution in [0.3, 0.4) is 0 Å². The van der Waals surface area contributed by atoms with Gasteiger partial charge in [-0.1, -0.05) is 6.08 Å². The van der Waals surface area contributed by atoms with E-state index in [1.165, 1.54) is 0 Å². The quantitative estimate of drug-likeness (QED) is 0.603. The third-order valence-electron chi connectivity index (χ3n) is 3.94. The Morgan fingerprint density at radius 2 is 2.39 bits per heavy atom. The zero-order valence-corrected chi connectivity index (χ0v) is 13.9. The van der Waals surface area contributed by atoms with Gasteiger partial charge in [0.15, 0.2) is 0 Å². The third-order valence-corrected chi connectivity index (χ3v) is 4.68. The van der Waals surface area contributed by atoms with Crippen molar-refractivity contribution < 1.29 is 9.53 Å². The Labute approximate surface area is 140 Å². The first-order chi connectivity index (χ1) is 11.3. The van der Waals surface area contributed by atoms with Gasteiger partial charge in [0.05, 0.1) is 31.9 Å². The second-order valence-electron chi connectivity index (χ2n) is 5.78. The number of hydrogen-bond donors (Lipinski definition) is 0. The lowest BCUT2D eigenvalue weighted by molar-refractivity contribution is -0.131. The Balaban J connectivity index is 1.70. The minimum atomic E-state index is 0.159. The molecule has 3 heterocycles. The molecule has 0 N–H and O–H groups in total. The van der Waals surface area contributed by atoms with Gasteiger partial charge in [-0.15, -0.1) is 6.58 Å². The number of carbonyl (C=O) groups is 1. The van der Waals surface area contributed by atoms with Crippen molar-refractivity contribution in [2.45, 2.75) is 19.5 Å². The molecule has 1 amide bonds. The van der Waals surface area contributed by atoms with Crippen LogP contribution in [0, 0.1) is 5.92 Å². The number of rotatable bonds is 6. The summed E-state index contributed by atoms with van der Waals surface area (Å²) in [6.45, 7) is 6.90. The number of fused-ring (bicyclic) bond motifs is 1. The molecular formula is C17H21N3O2S. The molecule has 0 aromatic carbocycles. The second-order valence-corrected chi connectivity index (χ2v) is 6.56. The summed E-state index contributed by atoms with van der Waals surface area (Å²) in [5, 5.41) is 8.41. The number of hydrogen-bond acceptors (Lipinski definition) is 4. The summed E-state index contributed by atoms with van der Waals surface area (Å²) < 4.78 is 7.59. The van der Waals surface area contributed by atoms with Crippen molar-refractivity contribution in [3.63, 3.8) is 0 Å². The Kier molecular flexibility index (Phi) is 5.25. The first-order valence-corrected chi connectivity index (χ1v) is 8.68. The number of ether oxygens (including phenoxy) is 1. The largest absolute Gasteiger partial charge is 0.377 e. The van der Waals surface area contributed by atoms with E-state index < -0.39 is 0 Å². The summed E-state index contributed by atoms with van der Waals surface area (Å²) in [4.78, 5) is 14.6. The van der Waals surface area contributed by atoms with Crippen molar-refractivity contribution in [1.29, 1.82) is 0 Å². The molecule has 0 aliphatic carbocycles. The van der Waals surface area contributed by atoms with E-state index >= 15 is 0 Å². The second kappa shape index (κ2) is 7.57. The van der Waals surface area contributed by atoms with Crippen LogP contribution in [-0.4, -0.2) is 40.3 Å². The monoisotopic (exact) mass is 331 g/mol. The lowest BCUT2D eigenvalue weighted by Crippen LogP contribution is -2.36. The van der Waals surface area contributed by atoms with E-state index in [4.69, 9.17) is 4.74 Å². The zero-order chi connectivity index (χ0) is 16.1. The van der Waals surface area contributed by atoms with Gasteiger partial charge in [0.1, 0.15) is 0 Å². The molecule has 3 rings (SSSR count). The fourth-order valence-corrected chi connectivity index (χ4v) is 3.49. The summed E-state index contributed by atoms with van der Waals surface area (Å²) in [5.41, 5.74) is 2.16. The van der Waals surface area contributed by atoms with E-state index in [-0.39, 0.29) is 11.8 Å². The molecule has 5 nitrogen and oxygen atoms in total. The Bertz CT molecular complexity index is 651. The first kappa shape index (κ1) is 16.0. The van der Waals surface area contributed by atoms with Crippen molar-refractivity contribution in [3.05, 3.63) is 53.0 Å². The molecule has 0 fully saturated rings. The smallest absolute Gasteiger partial charge is 0.227 e. The number of amides is 1. The van der Waals surface area contributed by atoms with Gasteiger partial charge in [-0.05, 0) is 28.5 Å². The van der Waals surface area contributed by atoms with E-state index in [0.29, 0.717) is 32.7 Å². The molecule has 0 bridgehead atoms. The number of aromatic nitrogens is 2. The van der Waals surface area contributed by atoms with Gasteiger partial charge in [0, 0.05) is 25.2 Å². The van der Waals surface area contributed by atoms with E-state index in [1.807, 2.05) is 32.5 Å². The molecule has 0 saturated heterocycles. The Hall–Kier alpha value is -1.92. The molecule has 1 aliphatic rings. The molecule has 1 unspecified atom stereocenters. The van der Waals surface area contributed by atoms with Crippen LogP contribution in [0.2, 0.25) is 0 Å². The molecule has 122 valence electrons. The van der Waals surface area contributed by atoms with Crippen molar-refractivity contribution in [3.8, 4) is 0 Å². The SMILES string of the molecule is C=CCOCC1CN(C(=O)Cc2ccsc2)Cc2ccnn2C1. The van der Waals surface area contributed by atoms with Gasteiger partial charge in [-0.2, -0.15) is 16.4 Å². The maximum absolute atomic E-state index is 12.7. The lowest BCUT2D eigenvalue weighted by Gasteiger charge is -2.24. The van der Waals surface area contributed by atoms with Gasteiger partial charge in [-0.3, -0.25) is 9.48 Å². The van der Waals surface area contributed by atoms with E-state index in [2.05, 4.69) is 11.7 Å². The third kappa shape index (κ3) is 4.09. The van der Waals surface area contributed by atoms with E-state index in [1.54, 1.807) is 23.6 Å². The maximum atomic E-state index is 12.7. The molecule has 0 spiro atoms. The fourth-order valence-electron chi connectivity index (χ4n) is 2.83. The highest BCUT2D eigenvalue weighted by Crippen LogP contribution is 2.18. The minimum Gasteiger partial charge on any atom is -0.377 e. The number of thiophene rings is 1. The minimum absolute atomic E-state index is 0.159. The molecular weight excluding hydrogens is 310 g/mol. The predicted octanol–water partition coefficient (Wildman–Crippen LogP) is 2.35. The van der Waals surface area contributed by atoms with Crippen LogP contribution in [0.1, 0.15) is 11.3 Å². The molecule has 2 aromatic rings. The highest BCUT2D eigenvalue weighted by Gasteiger charge is 2.25. The summed E-state index contributed by atoms with van der Waals surface area (Å²) >= 11 is 1.62. The zero-order valence-electron chi connectivity index (χ0n) is 13.1. The topological polar surface area (TPSA) is 47.4 Å². The lowest BCUT2D eigenvalue weighted by atomic mass is 10.1. The molecule has 0 radical (unpaired) electrons. The van der Waals surface area contributed by atoms with Gasteiger partial charge >= 0.3 is 0 Å². The summed E-state index contributed by atoms with van der Waals surface area (Å²) in [7, 11) is 0. The van der Waals surface area contributed by atoms with Crippen LogP contribution in [0.4, 0.5) is 0 Å². The standard InChI is InChI=1S/C17H21N3O2S/c1-2-6-22-12-15-9-19(11-16-3-5-18-20(16)10-15)17(21)8-14-4-7-23-13-14/h2-5,7,13,15H,1,6,8-12H2. The van der Waals surface area contributed by atoms with E-state index in [0.717, 1.165) is 17.8 Å². The van der Waals surface area contributed by atoms with Crippen LogP contribution >= 0.6 is 11.3 Å². The molecule has 6 heteroatoms. The Morgan fingerprint density at radius 3 is 3.17 bits per heavy atom. The van der Waals surface area contributed by atoms with Crippen LogP contribution in [0.25, 0.3) is 0 Å². The van der Waals surface area contributed by atoms with Crippen molar-refractivity contribution in [1.82, 2.24) is 14.7 Å². The predicted molar refractivity (Wildman–Crippen MR) is 90.2 cm³/mol. The number of nitrogens with zero attached hydrogens (tertiary/aromatic N) is 3. The highest BCUT2D eigenvalue weighted by molar-refractivity contribution is 7.07. The summed E-state index contributed by atoms with van der Waals surface area (Å²) in [5.74, 6) is 0.397. The van der Waals surface area contributed by atoms with Crippen molar-refractivity contribution in [2.24, 2.45) is 5.92 Å². The van der Waals surface area contributed by atoms with Gasteiger partial charge < -0.3 is 9.64 Å². The molecule has 1 atom stereocenters. The van der Waals surface area contributed by atoms with Crippen LogP contribution in [0.15, 0.2) is 41.7 Å². The van der Waals surface area contributed by atoms with Crippen molar-refractivity contribution in [2.75, 3.05) is 19.8 Å². The van der Waals surface area contributed by atoms with Gasteiger partial charge in [0.25, 0.3) is 0 Å². The highest BCUT2D eigenvalue weighted by atomic mass is 32.1.